The molecule has 3 nitrogen and oxygen atoms in total. The van der Waals surface area contributed by atoms with Crippen molar-refractivity contribution in [2.45, 2.75) is 6.42 Å². The second kappa shape index (κ2) is 3.47. The largest absolute Gasteiger partial charge is 0.388 e. The quantitative estimate of drug-likeness (QED) is 0.743. The van der Waals surface area contributed by atoms with Crippen molar-refractivity contribution in [1.82, 2.24) is 0 Å². The van der Waals surface area contributed by atoms with Crippen LogP contribution in [0.15, 0.2) is 29.4 Å². The van der Waals surface area contributed by atoms with Crippen molar-refractivity contribution >= 4 is 17.6 Å². The maximum absolute atomic E-state index is 4.25. The highest BCUT2D eigenvalue weighted by Crippen LogP contribution is 2.19. The van der Waals surface area contributed by atoms with Crippen LogP contribution in [0.2, 0.25) is 0 Å². The maximum Gasteiger partial charge on any atom is 0.0595 e. The van der Waals surface area contributed by atoms with Crippen LogP contribution in [0, 0.1) is 0 Å². The van der Waals surface area contributed by atoms with Crippen molar-refractivity contribution in [3.8, 4) is 0 Å². The van der Waals surface area contributed by atoms with E-state index in [1.165, 1.54) is 0 Å². The molecule has 0 aliphatic carbocycles. The Bertz CT molecular complexity index is 302. The van der Waals surface area contributed by atoms with Crippen LogP contribution in [0.1, 0.15) is 6.42 Å². The lowest BCUT2D eigenvalue weighted by Gasteiger charge is -2.13. The zero-order valence-electron chi connectivity index (χ0n) is 7.70. The first kappa shape index (κ1) is 8.10. The molecular weight excluding hydrogens is 162 g/mol. The Labute approximate surface area is 78.1 Å². The molecule has 0 amide bonds. The molecule has 68 valence electrons. The summed E-state index contributed by atoms with van der Waals surface area (Å²) in [6, 6.07) is 8.27. The van der Waals surface area contributed by atoms with Gasteiger partial charge in [0.15, 0.2) is 0 Å². The molecule has 1 aromatic carbocycles. The highest BCUT2D eigenvalue weighted by molar-refractivity contribution is 5.66. The third-order valence-electron chi connectivity index (χ3n) is 2.15. The first-order chi connectivity index (χ1) is 6.40. The van der Waals surface area contributed by atoms with Crippen LogP contribution >= 0.6 is 0 Å². The first-order valence-corrected chi connectivity index (χ1v) is 4.48. The number of hydrogen-bond acceptors (Lipinski definition) is 3. The molecule has 0 radical (unpaired) electrons. The van der Waals surface area contributed by atoms with Crippen molar-refractivity contribution < 1.29 is 0 Å². The van der Waals surface area contributed by atoms with E-state index in [2.05, 4.69) is 34.7 Å². The van der Waals surface area contributed by atoms with Gasteiger partial charge in [0.1, 0.15) is 0 Å². The van der Waals surface area contributed by atoms with Crippen LogP contribution in [0.25, 0.3) is 0 Å². The summed E-state index contributed by atoms with van der Waals surface area (Å²) in [5.74, 6) is 0. The molecule has 0 bridgehead atoms. The minimum Gasteiger partial charge on any atom is -0.388 e. The number of nitrogens with zero attached hydrogens (tertiary/aromatic N) is 2. The fraction of sp³-hybridized carbons (Fsp3) is 0.300. The molecule has 1 N–H and O–H groups in total. The van der Waals surface area contributed by atoms with Gasteiger partial charge in [-0.05, 0) is 24.3 Å². The molecule has 0 aromatic heterocycles. The minimum absolute atomic E-state index is 0.999. The molecule has 0 saturated carbocycles. The average Bonchev–Trinajstić information content (AvgIpc) is 2.71. The van der Waals surface area contributed by atoms with E-state index in [9.17, 15) is 0 Å². The summed E-state index contributed by atoms with van der Waals surface area (Å²) in [6.45, 7) is 0.999. The van der Waals surface area contributed by atoms with Crippen LogP contribution in [-0.2, 0) is 0 Å². The van der Waals surface area contributed by atoms with Gasteiger partial charge in [-0.2, -0.15) is 5.10 Å². The Morgan fingerprint density at radius 3 is 2.62 bits per heavy atom. The zero-order chi connectivity index (χ0) is 9.10. The number of anilines is 2. The maximum atomic E-state index is 4.25. The molecular formula is C10H13N3. The topological polar surface area (TPSA) is 27.6 Å². The van der Waals surface area contributed by atoms with Crippen LogP contribution in [-0.4, -0.2) is 19.8 Å². The summed E-state index contributed by atoms with van der Waals surface area (Å²) in [7, 11) is 1.92. The summed E-state index contributed by atoms with van der Waals surface area (Å²) in [5, 5.41) is 9.35. The molecule has 0 fully saturated rings. The SMILES string of the molecule is CNc1ccc(N2CCC=N2)cc1. The third kappa shape index (κ3) is 1.64. The lowest BCUT2D eigenvalue weighted by molar-refractivity contribution is 0.922. The smallest absolute Gasteiger partial charge is 0.0595 e. The Hall–Kier alpha value is -1.51. The Balaban J connectivity index is 2.17. The second-order valence-electron chi connectivity index (χ2n) is 3.01. The normalized spacial score (nSPS) is 15.0. The van der Waals surface area contributed by atoms with Gasteiger partial charge in [-0.15, -0.1) is 0 Å². The zero-order valence-corrected chi connectivity index (χ0v) is 7.70. The van der Waals surface area contributed by atoms with Gasteiger partial charge in [0.25, 0.3) is 0 Å². The van der Waals surface area contributed by atoms with Gasteiger partial charge < -0.3 is 5.32 Å². The minimum atomic E-state index is 0.999. The second-order valence-corrected chi connectivity index (χ2v) is 3.01. The van der Waals surface area contributed by atoms with E-state index in [1.807, 2.05) is 18.3 Å². The van der Waals surface area contributed by atoms with Crippen molar-refractivity contribution in [3.05, 3.63) is 24.3 Å². The van der Waals surface area contributed by atoms with Crippen LogP contribution < -0.4 is 10.3 Å². The van der Waals surface area contributed by atoms with Gasteiger partial charge in [0.2, 0.25) is 0 Å². The molecule has 1 aliphatic rings. The van der Waals surface area contributed by atoms with E-state index < -0.39 is 0 Å². The van der Waals surface area contributed by atoms with Crippen LogP contribution in [0.4, 0.5) is 11.4 Å². The number of nitrogens with one attached hydrogen (secondary N) is 1. The monoisotopic (exact) mass is 175 g/mol. The molecule has 3 heteroatoms. The molecule has 1 aliphatic heterocycles. The summed E-state index contributed by atoms with van der Waals surface area (Å²) >= 11 is 0. The molecule has 13 heavy (non-hydrogen) atoms. The van der Waals surface area contributed by atoms with Gasteiger partial charge in [-0.1, -0.05) is 0 Å². The summed E-state index contributed by atoms with van der Waals surface area (Å²) < 4.78 is 0. The van der Waals surface area contributed by atoms with E-state index in [1.54, 1.807) is 0 Å². The molecule has 1 aromatic rings. The molecule has 0 atom stereocenters. The number of benzene rings is 1. The lowest BCUT2D eigenvalue weighted by Crippen LogP contribution is -2.11. The van der Waals surface area contributed by atoms with Gasteiger partial charge in [0, 0.05) is 31.9 Å². The summed E-state index contributed by atoms with van der Waals surface area (Å²) in [4.78, 5) is 0. The van der Waals surface area contributed by atoms with E-state index >= 15 is 0 Å². The average molecular weight is 175 g/mol. The molecule has 1 heterocycles. The predicted molar refractivity (Wildman–Crippen MR) is 56.4 cm³/mol. The predicted octanol–water partition coefficient (Wildman–Crippen LogP) is 1.92. The fourth-order valence-corrected chi connectivity index (χ4v) is 1.39. The number of hydrogen-bond donors (Lipinski definition) is 1. The Morgan fingerprint density at radius 1 is 1.31 bits per heavy atom. The van der Waals surface area contributed by atoms with Crippen LogP contribution in [0.5, 0.6) is 0 Å². The van der Waals surface area contributed by atoms with Crippen molar-refractivity contribution in [2.75, 3.05) is 23.9 Å². The number of hydrazone groups is 1. The van der Waals surface area contributed by atoms with Gasteiger partial charge in [0.05, 0.1) is 5.69 Å². The summed E-state index contributed by atoms with van der Waals surface area (Å²) in [5.41, 5.74) is 2.29. The fourth-order valence-electron chi connectivity index (χ4n) is 1.39. The third-order valence-corrected chi connectivity index (χ3v) is 2.15. The highest BCUT2D eigenvalue weighted by Gasteiger charge is 2.07. The van der Waals surface area contributed by atoms with Crippen LogP contribution in [0.3, 0.4) is 0 Å². The van der Waals surface area contributed by atoms with Gasteiger partial charge in [-0.25, -0.2) is 0 Å². The Morgan fingerprint density at radius 2 is 2.08 bits per heavy atom. The van der Waals surface area contributed by atoms with Crippen molar-refractivity contribution in [2.24, 2.45) is 5.10 Å². The first-order valence-electron chi connectivity index (χ1n) is 4.48. The standard InChI is InChI=1S/C10H13N3/c1-11-9-3-5-10(6-4-9)13-8-2-7-12-13/h3-7,11H,2,8H2,1H3. The summed E-state index contributed by atoms with van der Waals surface area (Å²) in [6.07, 6.45) is 3.00. The van der Waals surface area contributed by atoms with Gasteiger partial charge >= 0.3 is 0 Å². The molecule has 2 rings (SSSR count). The van der Waals surface area contributed by atoms with Crippen molar-refractivity contribution in [3.63, 3.8) is 0 Å². The highest BCUT2D eigenvalue weighted by atomic mass is 15.5. The van der Waals surface area contributed by atoms with Gasteiger partial charge in [-0.3, -0.25) is 5.01 Å². The molecule has 0 unspecified atom stereocenters. The lowest BCUT2D eigenvalue weighted by atomic mass is 10.2. The Kier molecular flexibility index (Phi) is 2.17. The number of rotatable bonds is 2. The van der Waals surface area contributed by atoms with E-state index in [0.29, 0.717) is 0 Å². The van der Waals surface area contributed by atoms with E-state index in [0.717, 1.165) is 24.3 Å². The van der Waals surface area contributed by atoms with E-state index in [4.69, 9.17) is 0 Å². The molecule has 0 saturated heterocycles. The molecule has 0 spiro atoms. The van der Waals surface area contributed by atoms with Crippen molar-refractivity contribution in [1.29, 1.82) is 0 Å². The van der Waals surface area contributed by atoms with E-state index in [-0.39, 0.29) is 0 Å².